The Balaban J connectivity index is 1.52. The molecule has 0 aliphatic carbocycles. The van der Waals surface area contributed by atoms with Crippen LogP contribution in [0.3, 0.4) is 0 Å². The maximum atomic E-state index is 6.44. The van der Waals surface area contributed by atoms with E-state index in [1.54, 1.807) is 0 Å². The summed E-state index contributed by atoms with van der Waals surface area (Å²) >= 11 is 2.41. The Labute approximate surface area is 232 Å². The molecule has 36 heavy (non-hydrogen) atoms. The minimum absolute atomic E-state index is 0.0520. The Hall–Kier alpha value is -0.510. The molecule has 3 rings (SSSR count). The summed E-state index contributed by atoms with van der Waals surface area (Å²) in [5.74, 6) is 0. The van der Waals surface area contributed by atoms with E-state index < -0.39 is 0 Å². The molecule has 0 aromatic heterocycles. The summed E-state index contributed by atoms with van der Waals surface area (Å²) in [4.78, 5) is 0. The van der Waals surface area contributed by atoms with Crippen molar-refractivity contribution in [1.82, 2.24) is 0 Å². The Kier molecular flexibility index (Phi) is 11.3. The molecule has 2 aliphatic heterocycles. The Morgan fingerprint density at radius 3 is 1.86 bits per heavy atom. The van der Waals surface area contributed by atoms with Crippen molar-refractivity contribution in [3.8, 4) is 0 Å². The Morgan fingerprint density at radius 1 is 0.833 bits per heavy atom. The highest BCUT2D eigenvalue weighted by Crippen LogP contribution is 2.36. The minimum Gasteiger partial charge on any atom is -0.377 e. The van der Waals surface area contributed by atoms with E-state index in [1.807, 2.05) is 18.2 Å². The first-order valence-electron chi connectivity index (χ1n) is 13.4. The van der Waals surface area contributed by atoms with Gasteiger partial charge in [0, 0.05) is 34.7 Å². The van der Waals surface area contributed by atoms with Gasteiger partial charge in [-0.25, -0.2) is 0 Å². The third-order valence-electron chi connectivity index (χ3n) is 6.63. The minimum atomic E-state index is -0.240. The summed E-state index contributed by atoms with van der Waals surface area (Å²) in [7, 11) is 0. The van der Waals surface area contributed by atoms with Gasteiger partial charge in [-0.2, -0.15) is 0 Å². The molecule has 2 heterocycles. The van der Waals surface area contributed by atoms with Gasteiger partial charge in [-0.1, -0.05) is 107 Å². The highest BCUT2D eigenvalue weighted by molar-refractivity contribution is 14.1. The number of halogens is 1. The normalized spacial score (nSPS) is 29.8. The number of hydrogen-bond donors (Lipinski definition) is 0. The highest BCUT2D eigenvalue weighted by atomic mass is 127. The van der Waals surface area contributed by atoms with Crippen LogP contribution in [0, 0.1) is 10.8 Å². The molecule has 1 aromatic carbocycles. The smallest absolute Gasteiger partial charge is 0.163 e. The summed E-state index contributed by atoms with van der Waals surface area (Å²) < 4.78 is 32.3. The van der Waals surface area contributed by atoms with E-state index in [-0.39, 0.29) is 47.8 Å². The van der Waals surface area contributed by atoms with Gasteiger partial charge in [-0.15, -0.1) is 0 Å². The van der Waals surface area contributed by atoms with Gasteiger partial charge in [0.2, 0.25) is 0 Å². The molecular weight excluding hydrogens is 567 g/mol. The molecule has 0 bridgehead atoms. The summed E-state index contributed by atoms with van der Waals surface area (Å²) in [6, 6.07) is 10.3. The lowest BCUT2D eigenvalue weighted by atomic mass is 9.91. The van der Waals surface area contributed by atoms with Crippen LogP contribution < -0.4 is 0 Å². The van der Waals surface area contributed by atoms with Gasteiger partial charge in [0.25, 0.3) is 0 Å². The van der Waals surface area contributed by atoms with Crippen LogP contribution in [0.15, 0.2) is 42.5 Å². The fraction of sp³-hybridized carbons (Fsp3) is 0.733. The van der Waals surface area contributed by atoms with Gasteiger partial charge in [0.05, 0.1) is 31.0 Å². The quantitative estimate of drug-likeness (QED) is 0.119. The van der Waals surface area contributed by atoms with E-state index in [1.165, 1.54) is 11.1 Å². The topological polar surface area (TPSA) is 46.2 Å². The van der Waals surface area contributed by atoms with Crippen LogP contribution in [0.2, 0.25) is 0 Å². The second-order valence-electron chi connectivity index (χ2n) is 12.5. The van der Waals surface area contributed by atoms with Crippen molar-refractivity contribution in [3.63, 3.8) is 0 Å². The average molecular weight is 615 g/mol. The van der Waals surface area contributed by atoms with Crippen molar-refractivity contribution < 1.29 is 23.7 Å². The lowest BCUT2D eigenvalue weighted by molar-refractivity contribution is -0.281. The van der Waals surface area contributed by atoms with Crippen LogP contribution in [0.25, 0.3) is 0 Å². The summed E-state index contributed by atoms with van der Waals surface area (Å²) in [5.41, 5.74) is 2.23. The van der Waals surface area contributed by atoms with Gasteiger partial charge >= 0.3 is 0 Å². The van der Waals surface area contributed by atoms with E-state index in [2.05, 4.69) is 82.8 Å². The lowest BCUT2D eigenvalue weighted by Crippen LogP contribution is -2.46. The zero-order valence-electron chi connectivity index (χ0n) is 23.1. The fourth-order valence-corrected chi connectivity index (χ4v) is 5.21. The standard InChI is InChI=1S/C30H47IO5/c1-21(16-25-18-26(19-31)36-28(35-25)30(5,6)7)15-24-17-23(33-27(34-24)29(2,3)4)13-14-32-20-22-11-9-8-10-12-22/h8-12,23-28H,1,13-20H2,2-7H3/t23-,24-,25+,26-,27-,28-/m1/s1. The molecular formula is C30H47IO5. The van der Waals surface area contributed by atoms with Crippen molar-refractivity contribution in [3.05, 3.63) is 48.0 Å². The third-order valence-corrected chi connectivity index (χ3v) is 7.61. The fourth-order valence-electron chi connectivity index (χ4n) is 4.64. The second kappa shape index (κ2) is 13.5. The molecule has 2 fully saturated rings. The zero-order valence-corrected chi connectivity index (χ0v) is 25.3. The first-order chi connectivity index (χ1) is 16.9. The van der Waals surface area contributed by atoms with Crippen molar-refractivity contribution in [1.29, 1.82) is 0 Å². The SMILES string of the molecule is C=C(C[C@@H]1C[C@@H](CCOCc2ccccc2)O[C@@H](C(C)(C)C)O1)C[C@H]1C[C@H](CI)O[C@H](C(C)(C)C)O1. The number of alkyl halides is 1. The molecule has 204 valence electrons. The molecule has 6 heteroatoms. The number of ether oxygens (including phenoxy) is 5. The first-order valence-corrected chi connectivity index (χ1v) is 14.9. The lowest BCUT2D eigenvalue weighted by Gasteiger charge is -2.43. The zero-order chi connectivity index (χ0) is 26.3. The average Bonchev–Trinajstić information content (AvgIpc) is 2.81. The molecule has 5 nitrogen and oxygen atoms in total. The first kappa shape index (κ1) is 30.0. The maximum Gasteiger partial charge on any atom is 0.163 e. The number of rotatable bonds is 10. The maximum absolute atomic E-state index is 6.44. The Morgan fingerprint density at radius 2 is 1.33 bits per heavy atom. The monoisotopic (exact) mass is 614 g/mol. The summed E-state index contributed by atoms with van der Waals surface area (Å²) in [6.45, 7) is 18.8. The van der Waals surface area contributed by atoms with E-state index in [0.29, 0.717) is 13.2 Å². The molecule has 0 spiro atoms. The predicted octanol–water partition coefficient (Wildman–Crippen LogP) is 7.46. The number of hydrogen-bond acceptors (Lipinski definition) is 5. The van der Waals surface area contributed by atoms with E-state index in [9.17, 15) is 0 Å². The molecule has 0 N–H and O–H groups in total. The second-order valence-corrected chi connectivity index (χ2v) is 13.4. The van der Waals surface area contributed by atoms with Crippen LogP contribution in [0.4, 0.5) is 0 Å². The van der Waals surface area contributed by atoms with Crippen LogP contribution in [0.1, 0.15) is 79.2 Å². The van der Waals surface area contributed by atoms with Gasteiger partial charge in [0.15, 0.2) is 12.6 Å². The van der Waals surface area contributed by atoms with Crippen molar-refractivity contribution in [2.75, 3.05) is 11.0 Å². The van der Waals surface area contributed by atoms with Crippen LogP contribution in [-0.4, -0.2) is 48.0 Å². The van der Waals surface area contributed by atoms with Crippen LogP contribution in [0.5, 0.6) is 0 Å². The molecule has 2 saturated heterocycles. The summed E-state index contributed by atoms with van der Waals surface area (Å²) in [6.07, 6.45) is 4.44. The predicted molar refractivity (Wildman–Crippen MR) is 153 cm³/mol. The molecule has 0 unspecified atom stereocenters. The van der Waals surface area contributed by atoms with E-state index in [0.717, 1.165) is 36.5 Å². The molecule has 2 aliphatic rings. The van der Waals surface area contributed by atoms with Crippen molar-refractivity contribution in [2.45, 2.75) is 117 Å². The molecule has 0 amide bonds. The summed E-state index contributed by atoms with van der Waals surface area (Å²) in [5, 5.41) is 0. The Bertz CT molecular complexity index is 800. The van der Waals surface area contributed by atoms with Crippen LogP contribution in [-0.2, 0) is 30.3 Å². The van der Waals surface area contributed by atoms with Gasteiger partial charge in [-0.3, -0.25) is 0 Å². The van der Waals surface area contributed by atoms with E-state index in [4.69, 9.17) is 23.7 Å². The molecule has 0 radical (unpaired) electrons. The van der Waals surface area contributed by atoms with Crippen molar-refractivity contribution in [2.24, 2.45) is 10.8 Å². The largest absolute Gasteiger partial charge is 0.377 e. The van der Waals surface area contributed by atoms with Gasteiger partial charge < -0.3 is 23.7 Å². The molecule has 1 aromatic rings. The van der Waals surface area contributed by atoms with Crippen LogP contribution >= 0.6 is 22.6 Å². The number of benzene rings is 1. The molecule has 0 saturated carbocycles. The van der Waals surface area contributed by atoms with Gasteiger partial charge in [-0.05, 0) is 24.8 Å². The van der Waals surface area contributed by atoms with E-state index >= 15 is 0 Å². The third kappa shape index (κ3) is 9.66. The highest BCUT2D eigenvalue weighted by Gasteiger charge is 2.39. The van der Waals surface area contributed by atoms with Gasteiger partial charge in [0.1, 0.15) is 0 Å². The molecule has 6 atom stereocenters. The van der Waals surface area contributed by atoms with Crippen molar-refractivity contribution >= 4 is 22.6 Å².